The Labute approximate surface area is 409 Å². The van der Waals surface area contributed by atoms with E-state index in [2.05, 4.69) is 0 Å². The van der Waals surface area contributed by atoms with Gasteiger partial charge in [0.05, 0.1) is 43.1 Å². The summed E-state index contributed by atoms with van der Waals surface area (Å²) in [6, 6.07) is 12.1. The zero-order valence-electron chi connectivity index (χ0n) is 39.0. The fourth-order valence-corrected chi connectivity index (χ4v) is 8.83. The third-order valence-electron chi connectivity index (χ3n) is 13.1. The minimum absolute atomic E-state index is 0.356. The molecule has 0 fully saturated rings. The fraction of sp³-hybridized carbons (Fsp3) is 0.137. The summed E-state index contributed by atoms with van der Waals surface area (Å²) in [5.74, 6) is -26.7. The van der Waals surface area contributed by atoms with Crippen molar-refractivity contribution in [1.82, 2.24) is 18.3 Å². The highest BCUT2D eigenvalue weighted by Gasteiger charge is 2.35. The predicted octanol–water partition coefficient (Wildman–Crippen LogP) is 6.89. The molecule has 0 bridgehead atoms. The molecule has 0 atom stereocenters. The van der Waals surface area contributed by atoms with Gasteiger partial charge in [-0.3, -0.25) is 56.6 Å². The first-order valence-electron chi connectivity index (χ1n) is 21.7. The number of aromatic nitrogens is 4. The van der Waals surface area contributed by atoms with Crippen LogP contribution in [0.15, 0.2) is 99.0 Å². The Balaban J connectivity index is 0.901. The number of hydrogen-bond acceptors (Lipinski definition) is 12. The molecule has 10 rings (SSSR count). The molecule has 10 aromatic rings. The van der Waals surface area contributed by atoms with Crippen molar-refractivity contribution in [3.05, 3.63) is 201 Å². The van der Waals surface area contributed by atoms with Crippen molar-refractivity contribution in [3.8, 4) is 46.0 Å². The lowest BCUT2D eigenvalue weighted by molar-refractivity contribution is 0.332. The van der Waals surface area contributed by atoms with Gasteiger partial charge in [-0.1, -0.05) is 38.1 Å². The van der Waals surface area contributed by atoms with Crippen molar-refractivity contribution >= 4 is 43.1 Å². The Morgan fingerprint density at radius 2 is 0.533 bits per heavy atom. The maximum atomic E-state index is 15.7. The first kappa shape index (κ1) is 49.1. The molecule has 380 valence electrons. The number of hydrogen-bond donors (Lipinski definition) is 0. The highest BCUT2D eigenvalue weighted by Crippen LogP contribution is 2.44. The van der Waals surface area contributed by atoms with Crippen molar-refractivity contribution in [2.24, 2.45) is 28.2 Å². The summed E-state index contributed by atoms with van der Waals surface area (Å²) < 4.78 is 149. The van der Waals surface area contributed by atoms with Gasteiger partial charge in [-0.2, -0.15) is 35.1 Å². The third-order valence-corrected chi connectivity index (χ3v) is 13.1. The van der Waals surface area contributed by atoms with Crippen LogP contribution in [0.4, 0.5) is 35.1 Å². The van der Waals surface area contributed by atoms with Crippen LogP contribution in [0.25, 0.3) is 43.1 Å². The van der Waals surface area contributed by atoms with Crippen LogP contribution in [0, 0.1) is 46.5 Å². The van der Waals surface area contributed by atoms with Crippen LogP contribution >= 0.6 is 0 Å². The first-order chi connectivity index (χ1) is 35.3. The predicted molar refractivity (Wildman–Crippen MR) is 252 cm³/mol. The Kier molecular flexibility index (Phi) is 11.0. The van der Waals surface area contributed by atoms with Crippen molar-refractivity contribution in [2.45, 2.75) is 19.3 Å². The summed E-state index contributed by atoms with van der Waals surface area (Å²) in [6.45, 7) is 3.37. The van der Waals surface area contributed by atoms with Gasteiger partial charge in [-0.05, 0) is 47.5 Å². The second-order valence-electron chi connectivity index (χ2n) is 17.7. The van der Waals surface area contributed by atoms with Crippen LogP contribution in [-0.4, -0.2) is 18.3 Å². The second kappa shape index (κ2) is 16.8. The molecule has 0 unspecified atom stereocenters. The highest BCUT2D eigenvalue weighted by molar-refractivity contribution is 6.06. The summed E-state index contributed by atoms with van der Waals surface area (Å²) >= 11 is 0. The van der Waals surface area contributed by atoms with Gasteiger partial charge >= 0.3 is 0 Å². The summed E-state index contributed by atoms with van der Waals surface area (Å²) in [5.41, 5.74) is -8.38. The maximum absolute atomic E-state index is 15.7. The number of ether oxygens (including phenoxy) is 4. The topological polar surface area (TPSA) is 193 Å². The molecule has 24 heteroatoms. The van der Waals surface area contributed by atoms with Crippen molar-refractivity contribution in [1.29, 1.82) is 0 Å². The normalized spacial score (nSPS) is 12.0. The minimum Gasteiger partial charge on any atom is -0.451 e. The van der Waals surface area contributed by atoms with Crippen LogP contribution in [0.2, 0.25) is 0 Å². The van der Waals surface area contributed by atoms with E-state index < -0.39 is 174 Å². The van der Waals surface area contributed by atoms with E-state index in [1.165, 1.54) is 48.5 Å². The summed E-state index contributed by atoms with van der Waals surface area (Å²) in [4.78, 5) is 103. The van der Waals surface area contributed by atoms with Crippen LogP contribution in [0.5, 0.6) is 46.0 Å². The summed E-state index contributed by atoms with van der Waals surface area (Å²) in [5, 5.41) is -4.70. The van der Waals surface area contributed by atoms with Gasteiger partial charge in [0.25, 0.3) is 44.5 Å². The lowest BCUT2D eigenvalue weighted by atomic mass is 9.78. The Morgan fingerprint density at radius 1 is 0.320 bits per heavy atom. The monoisotopic (exact) mass is 1040 g/mol. The number of benzene rings is 6. The molecule has 4 aromatic heterocycles. The number of rotatable bonds is 10. The van der Waals surface area contributed by atoms with Gasteiger partial charge in [-0.15, -0.1) is 0 Å². The summed E-state index contributed by atoms with van der Waals surface area (Å²) in [6.07, 6.45) is 0. The summed E-state index contributed by atoms with van der Waals surface area (Å²) in [7, 11) is 4.14. The molecule has 0 N–H and O–H groups in total. The Bertz CT molecular complexity index is 4140. The smallest absolute Gasteiger partial charge is 0.265 e. The number of nitrogens with zero attached hydrogens (tertiary/aromatic N) is 4. The van der Waals surface area contributed by atoms with Gasteiger partial charge < -0.3 is 18.9 Å². The third kappa shape index (κ3) is 6.95. The molecule has 0 aliphatic carbocycles. The zero-order valence-corrected chi connectivity index (χ0v) is 39.0. The van der Waals surface area contributed by atoms with Crippen molar-refractivity contribution in [2.75, 3.05) is 0 Å². The quantitative estimate of drug-likeness (QED) is 0.102. The largest absolute Gasteiger partial charge is 0.451 e. The van der Waals surface area contributed by atoms with Crippen molar-refractivity contribution in [3.63, 3.8) is 0 Å². The maximum Gasteiger partial charge on any atom is 0.265 e. The first-order valence-corrected chi connectivity index (χ1v) is 21.7. The zero-order chi connectivity index (χ0) is 54.3. The van der Waals surface area contributed by atoms with Gasteiger partial charge in [0.2, 0.25) is 69.5 Å². The average molecular weight is 1040 g/mol. The minimum atomic E-state index is -2.19. The molecule has 0 saturated heterocycles. The molecule has 16 nitrogen and oxygen atoms in total. The van der Waals surface area contributed by atoms with Crippen molar-refractivity contribution < 1.29 is 54.1 Å². The van der Waals surface area contributed by atoms with E-state index in [0.29, 0.717) is 29.4 Å². The molecular weight excluding hydrogens is 1010 g/mol. The molecule has 0 spiro atoms. The van der Waals surface area contributed by atoms with Gasteiger partial charge in [0.15, 0.2) is 11.5 Å². The lowest BCUT2D eigenvalue weighted by Gasteiger charge is -2.26. The van der Waals surface area contributed by atoms with Crippen LogP contribution < -0.4 is 63.4 Å². The van der Waals surface area contributed by atoms with E-state index >= 15 is 35.1 Å². The number of halogens is 8. The van der Waals surface area contributed by atoms with Crippen LogP contribution in [-0.2, 0) is 33.6 Å². The van der Waals surface area contributed by atoms with E-state index in [9.17, 15) is 38.4 Å². The average Bonchev–Trinajstić information content (AvgIpc) is 3.94. The van der Waals surface area contributed by atoms with E-state index in [-0.39, 0.29) is 11.5 Å². The second-order valence-corrected chi connectivity index (χ2v) is 17.7. The van der Waals surface area contributed by atoms with Gasteiger partial charge in [0, 0.05) is 33.6 Å². The molecule has 0 saturated carbocycles. The standard InChI is InChI=1S/C51H28F8N4O12/c1-51(2,17-7-11-19(12-8-17)72-39-29(52)33(56)41(34(57)30(39)53)74-37-25-21(43(64)60(3)47(25)68)15-22-26(37)48(69)61(4)44(22)65)18-9-13-20(14-10-18)73-40-31(54)35(58)42(36(59)32(40)55)75-38-27-23(45(66)62(5)49(27)70)16-24-28(38)50(71)63(6)46(24)67/h7-16H,1-6H3. The highest BCUT2D eigenvalue weighted by atomic mass is 19.2. The van der Waals surface area contributed by atoms with Crippen LogP contribution in [0.1, 0.15) is 25.0 Å². The molecule has 0 radical (unpaired) electrons. The molecule has 0 aliphatic rings. The SMILES string of the molecule is Cn1c(=O)c2cc3c(=O)n(C)c(=O)c3c(Oc3c(F)c(F)c(Oc4ccc(C(C)(C)c5ccc(Oc6c(F)c(F)c(Oc7c8c(=O)n(C)c(=O)c8cc8c(=O)n(C)c(=O)c78)c(F)c6F)cc5)cc4)c(F)c3F)c2c1=O. The lowest BCUT2D eigenvalue weighted by Crippen LogP contribution is -2.22. The van der Waals surface area contributed by atoms with E-state index in [1.807, 2.05) is 0 Å². The van der Waals surface area contributed by atoms with Crippen LogP contribution in [0.3, 0.4) is 0 Å². The molecule has 6 aromatic carbocycles. The molecule has 4 heterocycles. The van der Waals surface area contributed by atoms with E-state index in [4.69, 9.17) is 18.9 Å². The van der Waals surface area contributed by atoms with Gasteiger partial charge in [-0.25, -0.2) is 0 Å². The van der Waals surface area contributed by atoms with E-state index in [1.54, 1.807) is 13.8 Å². The number of fused-ring (bicyclic) bond motifs is 4. The fourth-order valence-electron chi connectivity index (χ4n) is 8.83. The molecule has 0 amide bonds. The molecule has 0 aliphatic heterocycles. The Morgan fingerprint density at radius 3 is 0.760 bits per heavy atom. The Hall–Kier alpha value is -9.48. The molecule has 75 heavy (non-hydrogen) atoms. The van der Waals surface area contributed by atoms with Gasteiger partial charge in [0.1, 0.15) is 11.5 Å². The molecular formula is C51H28F8N4O12. The van der Waals surface area contributed by atoms with E-state index in [0.717, 1.165) is 40.3 Å².